The van der Waals surface area contributed by atoms with Gasteiger partial charge in [0.15, 0.2) is 0 Å². The van der Waals surface area contributed by atoms with Gasteiger partial charge in [-0.15, -0.1) is 11.3 Å². The summed E-state index contributed by atoms with van der Waals surface area (Å²) >= 11 is 1.50. The van der Waals surface area contributed by atoms with Crippen molar-refractivity contribution in [1.29, 1.82) is 0 Å². The summed E-state index contributed by atoms with van der Waals surface area (Å²) in [4.78, 5) is 27.4. The number of rotatable bonds is 7. The van der Waals surface area contributed by atoms with Crippen molar-refractivity contribution in [3.05, 3.63) is 135 Å². The molecule has 0 bridgehead atoms. The summed E-state index contributed by atoms with van der Waals surface area (Å²) in [5, 5.41) is 7.90. The van der Waals surface area contributed by atoms with E-state index in [0.29, 0.717) is 5.56 Å². The van der Waals surface area contributed by atoms with E-state index in [1.54, 1.807) is 18.2 Å². The van der Waals surface area contributed by atoms with Crippen molar-refractivity contribution < 1.29 is 9.59 Å². The highest BCUT2D eigenvalue weighted by molar-refractivity contribution is 7.10. The first-order valence-electron chi connectivity index (χ1n) is 11.1. The topological polar surface area (TPSA) is 58.2 Å². The third-order valence-corrected chi connectivity index (χ3v) is 6.24. The van der Waals surface area contributed by atoms with E-state index in [2.05, 4.69) is 10.6 Å². The number of carbonyl (C=O) groups is 2. The summed E-state index contributed by atoms with van der Waals surface area (Å²) in [6, 6.07) is 28.6. The van der Waals surface area contributed by atoms with Crippen molar-refractivity contribution in [3.8, 4) is 0 Å². The lowest BCUT2D eigenvalue weighted by atomic mass is 9.97. The highest BCUT2D eigenvalue weighted by atomic mass is 32.1. The van der Waals surface area contributed by atoms with Crippen LogP contribution < -0.4 is 10.6 Å². The number of carbonyl (C=O) groups excluding carboxylic acids is 2. The second kappa shape index (κ2) is 10.8. The molecule has 1 atom stereocenters. The molecule has 4 aromatic rings. The smallest absolute Gasteiger partial charge is 0.268 e. The first-order valence-corrected chi connectivity index (χ1v) is 11.9. The van der Waals surface area contributed by atoms with Crippen molar-refractivity contribution >= 4 is 29.2 Å². The summed E-state index contributed by atoms with van der Waals surface area (Å²) in [5.41, 5.74) is 4.74. The minimum Gasteiger partial charge on any atom is -0.340 e. The Morgan fingerprint density at radius 3 is 2.21 bits per heavy atom. The molecule has 4 rings (SSSR count). The summed E-state index contributed by atoms with van der Waals surface area (Å²) in [6.45, 7) is 3.96. The van der Waals surface area contributed by atoms with Crippen LogP contribution in [0.2, 0.25) is 0 Å². The molecule has 0 radical (unpaired) electrons. The maximum absolute atomic E-state index is 13.5. The molecule has 0 aliphatic heterocycles. The molecule has 34 heavy (non-hydrogen) atoms. The Labute approximate surface area is 204 Å². The molecule has 4 nitrogen and oxygen atoms in total. The number of aryl methyl sites for hydroxylation is 2. The maximum Gasteiger partial charge on any atom is 0.268 e. The molecule has 1 heterocycles. The molecule has 5 heteroatoms. The zero-order valence-corrected chi connectivity index (χ0v) is 19.9. The fourth-order valence-electron chi connectivity index (χ4n) is 3.63. The molecule has 3 aromatic carbocycles. The summed E-state index contributed by atoms with van der Waals surface area (Å²) in [6.07, 6.45) is 1.71. The highest BCUT2D eigenvalue weighted by Crippen LogP contribution is 2.23. The molecule has 0 unspecified atom stereocenters. The van der Waals surface area contributed by atoms with E-state index >= 15 is 0 Å². The zero-order valence-electron chi connectivity index (χ0n) is 19.1. The van der Waals surface area contributed by atoms with Gasteiger partial charge in [0.1, 0.15) is 5.70 Å². The number of hydrogen-bond acceptors (Lipinski definition) is 3. The second-order valence-electron chi connectivity index (χ2n) is 8.12. The monoisotopic (exact) mass is 466 g/mol. The van der Waals surface area contributed by atoms with Gasteiger partial charge in [-0.2, -0.15) is 0 Å². The number of benzene rings is 3. The van der Waals surface area contributed by atoms with Crippen LogP contribution in [0, 0.1) is 13.8 Å². The Morgan fingerprint density at radius 1 is 0.794 bits per heavy atom. The molecule has 2 N–H and O–H groups in total. The second-order valence-corrected chi connectivity index (χ2v) is 9.10. The van der Waals surface area contributed by atoms with Crippen molar-refractivity contribution in [2.45, 2.75) is 19.9 Å². The van der Waals surface area contributed by atoms with Gasteiger partial charge in [0.2, 0.25) is 0 Å². The lowest BCUT2D eigenvalue weighted by molar-refractivity contribution is -0.118. The van der Waals surface area contributed by atoms with Crippen LogP contribution in [0.25, 0.3) is 6.08 Å². The Morgan fingerprint density at radius 2 is 1.53 bits per heavy atom. The molecule has 0 saturated heterocycles. The van der Waals surface area contributed by atoms with Gasteiger partial charge >= 0.3 is 0 Å². The van der Waals surface area contributed by atoms with Gasteiger partial charge in [-0.05, 0) is 54.6 Å². The Kier molecular flexibility index (Phi) is 7.35. The van der Waals surface area contributed by atoms with Gasteiger partial charge in [0.05, 0.1) is 6.04 Å². The van der Waals surface area contributed by atoms with Crippen molar-refractivity contribution in [1.82, 2.24) is 10.6 Å². The third kappa shape index (κ3) is 5.88. The molecule has 2 amide bonds. The van der Waals surface area contributed by atoms with Crippen molar-refractivity contribution in [2.24, 2.45) is 0 Å². The van der Waals surface area contributed by atoms with Gasteiger partial charge < -0.3 is 10.6 Å². The fraction of sp³-hybridized carbons (Fsp3) is 0.103. The average molecular weight is 467 g/mol. The minimum absolute atomic E-state index is 0.196. The van der Waals surface area contributed by atoms with E-state index in [9.17, 15) is 9.59 Å². The summed E-state index contributed by atoms with van der Waals surface area (Å²) < 4.78 is 0. The van der Waals surface area contributed by atoms with Gasteiger partial charge in [-0.1, -0.05) is 83.9 Å². The molecule has 0 aliphatic carbocycles. The first-order chi connectivity index (χ1) is 16.5. The quantitative estimate of drug-likeness (QED) is 0.326. The number of amides is 2. The molecule has 0 spiro atoms. The van der Waals surface area contributed by atoms with Crippen LogP contribution in [0.15, 0.2) is 102 Å². The SMILES string of the molecule is Cc1ccc([C@H](NC(=O)/C(=C/c2cccs2)NC(=O)c2cccc(C)c2)c2ccccc2)cc1. The van der Waals surface area contributed by atoms with Crippen molar-refractivity contribution in [3.63, 3.8) is 0 Å². The molecule has 0 fully saturated rings. The number of nitrogens with one attached hydrogen (secondary N) is 2. The van der Waals surface area contributed by atoms with Crippen LogP contribution >= 0.6 is 11.3 Å². The standard InChI is InChI=1S/C29H26N2O2S/c1-20-13-15-23(16-14-20)27(22-9-4-3-5-10-22)31-29(33)26(19-25-12-7-17-34-25)30-28(32)24-11-6-8-21(2)18-24/h3-19,27H,1-2H3,(H,30,32)(H,31,33)/b26-19-/t27-/m1/s1. The molecular weight excluding hydrogens is 440 g/mol. The number of thiophene rings is 1. The van der Waals surface area contributed by atoms with Gasteiger partial charge in [-0.25, -0.2) is 0 Å². The minimum atomic E-state index is -0.364. The largest absolute Gasteiger partial charge is 0.340 e. The molecular formula is C29H26N2O2S. The van der Waals surface area contributed by atoms with Crippen LogP contribution in [0.4, 0.5) is 0 Å². The van der Waals surface area contributed by atoms with E-state index < -0.39 is 0 Å². The zero-order chi connectivity index (χ0) is 23.9. The predicted molar refractivity (Wildman–Crippen MR) is 139 cm³/mol. The van der Waals surface area contributed by atoms with Gasteiger partial charge in [-0.3, -0.25) is 9.59 Å². The van der Waals surface area contributed by atoms with Crippen LogP contribution in [-0.2, 0) is 4.79 Å². The normalized spacial score (nSPS) is 12.1. The van der Waals surface area contributed by atoms with E-state index in [4.69, 9.17) is 0 Å². The lowest BCUT2D eigenvalue weighted by Crippen LogP contribution is -2.37. The fourth-order valence-corrected chi connectivity index (χ4v) is 4.28. The van der Waals surface area contributed by atoms with Crippen LogP contribution in [0.5, 0.6) is 0 Å². The van der Waals surface area contributed by atoms with Gasteiger partial charge in [0, 0.05) is 10.4 Å². The molecule has 170 valence electrons. The Hall–Kier alpha value is -3.96. The molecule has 1 aromatic heterocycles. The summed E-state index contributed by atoms with van der Waals surface area (Å²) in [5.74, 6) is -0.683. The maximum atomic E-state index is 13.5. The lowest BCUT2D eigenvalue weighted by Gasteiger charge is -2.21. The van der Waals surface area contributed by atoms with Crippen LogP contribution in [0.1, 0.15) is 43.5 Å². The molecule has 0 saturated carbocycles. The van der Waals surface area contributed by atoms with E-state index in [1.807, 2.05) is 98.1 Å². The predicted octanol–water partition coefficient (Wildman–Crippen LogP) is 6.04. The number of hydrogen-bond donors (Lipinski definition) is 2. The van der Waals surface area contributed by atoms with Gasteiger partial charge in [0.25, 0.3) is 11.8 Å². The summed E-state index contributed by atoms with van der Waals surface area (Å²) in [7, 11) is 0. The van der Waals surface area contributed by atoms with Crippen molar-refractivity contribution in [2.75, 3.05) is 0 Å². The Balaban J connectivity index is 1.65. The third-order valence-electron chi connectivity index (χ3n) is 5.42. The first kappa shape index (κ1) is 23.2. The van der Waals surface area contributed by atoms with Crippen LogP contribution in [-0.4, -0.2) is 11.8 Å². The highest BCUT2D eigenvalue weighted by Gasteiger charge is 2.21. The van der Waals surface area contributed by atoms with E-state index in [0.717, 1.165) is 27.1 Å². The average Bonchev–Trinajstić information content (AvgIpc) is 3.36. The van der Waals surface area contributed by atoms with Crippen LogP contribution in [0.3, 0.4) is 0 Å². The Bertz CT molecular complexity index is 1290. The van der Waals surface area contributed by atoms with E-state index in [1.165, 1.54) is 11.3 Å². The molecule has 0 aliphatic rings. The van der Waals surface area contributed by atoms with E-state index in [-0.39, 0.29) is 23.6 Å².